The van der Waals surface area contributed by atoms with Crippen molar-refractivity contribution in [3.63, 3.8) is 0 Å². The van der Waals surface area contributed by atoms with Crippen LogP contribution in [0.3, 0.4) is 0 Å². The van der Waals surface area contributed by atoms with E-state index in [9.17, 15) is 22.8 Å². The summed E-state index contributed by atoms with van der Waals surface area (Å²) >= 11 is 6.23. The van der Waals surface area contributed by atoms with E-state index in [0.29, 0.717) is 39.8 Å². The van der Waals surface area contributed by atoms with Crippen LogP contribution in [0.5, 0.6) is 11.5 Å². The first kappa shape index (κ1) is 21.1. The van der Waals surface area contributed by atoms with Crippen LogP contribution in [0.15, 0.2) is 41.3 Å². The van der Waals surface area contributed by atoms with Crippen molar-refractivity contribution in [2.45, 2.75) is 6.18 Å². The topological polar surface area (TPSA) is 55.8 Å². The lowest BCUT2D eigenvalue weighted by molar-refractivity contribution is -0.137. The summed E-state index contributed by atoms with van der Waals surface area (Å²) in [6.07, 6.45) is -3.27. The zero-order chi connectivity index (χ0) is 21.3. The van der Waals surface area contributed by atoms with E-state index in [-0.39, 0.29) is 10.6 Å². The molecule has 1 heterocycles. The van der Waals surface area contributed by atoms with Crippen molar-refractivity contribution in [1.82, 2.24) is 0 Å². The van der Waals surface area contributed by atoms with E-state index in [1.807, 2.05) is 0 Å². The van der Waals surface area contributed by atoms with Crippen molar-refractivity contribution in [2.24, 2.45) is 0 Å². The lowest BCUT2D eigenvalue weighted by atomic mass is 10.1. The van der Waals surface area contributed by atoms with Crippen LogP contribution in [0, 0.1) is 0 Å². The van der Waals surface area contributed by atoms with Gasteiger partial charge in [-0.15, -0.1) is 0 Å². The molecule has 1 fully saturated rings. The zero-order valence-corrected chi connectivity index (χ0v) is 16.6. The van der Waals surface area contributed by atoms with E-state index in [1.165, 1.54) is 26.4 Å². The summed E-state index contributed by atoms with van der Waals surface area (Å²) in [6.45, 7) is 0. The molecule has 2 amide bonds. The molecule has 0 unspecified atom stereocenters. The van der Waals surface area contributed by atoms with Crippen LogP contribution < -0.4 is 14.4 Å². The molecule has 0 aromatic heterocycles. The number of methoxy groups -OCH3 is 2. The highest BCUT2D eigenvalue weighted by molar-refractivity contribution is 8.19. The van der Waals surface area contributed by atoms with Gasteiger partial charge in [0.05, 0.1) is 35.4 Å². The minimum Gasteiger partial charge on any atom is -0.493 e. The Hall–Kier alpha value is -2.65. The Labute approximate surface area is 173 Å². The van der Waals surface area contributed by atoms with Gasteiger partial charge in [0.2, 0.25) is 0 Å². The average Bonchev–Trinajstić information content (AvgIpc) is 2.94. The van der Waals surface area contributed by atoms with E-state index < -0.39 is 27.9 Å². The number of hydrogen-bond donors (Lipinski definition) is 0. The highest BCUT2D eigenvalue weighted by atomic mass is 35.5. The van der Waals surface area contributed by atoms with Crippen molar-refractivity contribution in [3.8, 4) is 11.5 Å². The number of alkyl halides is 3. The first-order valence-electron chi connectivity index (χ1n) is 8.02. The summed E-state index contributed by atoms with van der Waals surface area (Å²) in [6, 6.07) is 7.76. The molecule has 29 heavy (non-hydrogen) atoms. The number of amides is 2. The Morgan fingerprint density at radius 2 is 1.72 bits per heavy atom. The lowest BCUT2D eigenvalue weighted by Crippen LogP contribution is -2.28. The third kappa shape index (κ3) is 4.20. The molecular formula is C19H13ClF3NO4S. The predicted molar refractivity (Wildman–Crippen MR) is 104 cm³/mol. The number of thioether (sulfide) groups is 1. The van der Waals surface area contributed by atoms with Crippen LogP contribution >= 0.6 is 23.4 Å². The van der Waals surface area contributed by atoms with Crippen molar-refractivity contribution in [3.05, 3.63) is 57.5 Å². The summed E-state index contributed by atoms with van der Waals surface area (Å²) in [5.41, 5.74) is -0.778. The Bertz CT molecular complexity index is 1020. The molecular weight excluding hydrogens is 431 g/mol. The highest BCUT2D eigenvalue weighted by Crippen LogP contribution is 2.41. The van der Waals surface area contributed by atoms with Gasteiger partial charge < -0.3 is 9.47 Å². The summed E-state index contributed by atoms with van der Waals surface area (Å²) in [4.78, 5) is 25.8. The van der Waals surface area contributed by atoms with Gasteiger partial charge in [-0.25, -0.2) is 4.90 Å². The van der Waals surface area contributed by atoms with Crippen molar-refractivity contribution in [2.75, 3.05) is 19.1 Å². The molecule has 0 spiro atoms. The van der Waals surface area contributed by atoms with E-state index in [4.69, 9.17) is 21.1 Å². The average molecular weight is 444 g/mol. The number of rotatable bonds is 4. The third-order valence-corrected chi connectivity index (χ3v) is 5.21. The molecule has 0 radical (unpaired) electrons. The standard InChI is InChI=1S/C19H13ClF3NO4S/c1-27-14-6-3-10(7-15(14)28-2)8-16-17(25)24(18(26)29-16)11-4-5-13(20)12(9-11)19(21,22)23/h3-9H,1-2H3/b16-8-. The fraction of sp³-hybridized carbons (Fsp3) is 0.158. The quantitative estimate of drug-likeness (QED) is 0.574. The smallest absolute Gasteiger partial charge is 0.417 e. The van der Waals surface area contributed by atoms with Gasteiger partial charge in [-0.1, -0.05) is 17.7 Å². The van der Waals surface area contributed by atoms with E-state index in [1.54, 1.807) is 18.2 Å². The number of hydrogen-bond acceptors (Lipinski definition) is 5. The van der Waals surface area contributed by atoms with Gasteiger partial charge in [0, 0.05) is 0 Å². The van der Waals surface area contributed by atoms with E-state index >= 15 is 0 Å². The number of ether oxygens (including phenoxy) is 2. The molecule has 1 saturated heterocycles. The summed E-state index contributed by atoms with van der Waals surface area (Å²) < 4.78 is 49.6. The zero-order valence-electron chi connectivity index (χ0n) is 15.0. The normalized spacial score (nSPS) is 15.9. The van der Waals surface area contributed by atoms with Gasteiger partial charge in [-0.05, 0) is 53.7 Å². The number of halogens is 4. The Morgan fingerprint density at radius 3 is 2.34 bits per heavy atom. The summed E-state index contributed by atoms with van der Waals surface area (Å²) in [5.74, 6) is 0.178. The minimum atomic E-state index is -4.72. The van der Waals surface area contributed by atoms with Crippen molar-refractivity contribution in [1.29, 1.82) is 0 Å². The first-order chi connectivity index (χ1) is 13.7. The second-order valence-corrected chi connectivity index (χ2v) is 7.19. The van der Waals surface area contributed by atoms with E-state index in [2.05, 4.69) is 0 Å². The minimum absolute atomic E-state index is 0.0609. The Morgan fingerprint density at radius 1 is 1.03 bits per heavy atom. The molecule has 1 aliphatic heterocycles. The number of imide groups is 1. The molecule has 0 N–H and O–H groups in total. The molecule has 5 nitrogen and oxygen atoms in total. The number of benzene rings is 2. The number of anilines is 1. The molecule has 3 rings (SSSR count). The highest BCUT2D eigenvalue weighted by Gasteiger charge is 2.39. The van der Waals surface area contributed by atoms with Crippen LogP contribution in [0.4, 0.5) is 23.7 Å². The second kappa shape index (κ2) is 8.00. The number of carbonyl (C=O) groups is 2. The molecule has 0 atom stereocenters. The van der Waals surface area contributed by atoms with Crippen LogP contribution in [0.1, 0.15) is 11.1 Å². The Balaban J connectivity index is 1.96. The fourth-order valence-electron chi connectivity index (χ4n) is 2.65. The van der Waals surface area contributed by atoms with Crippen molar-refractivity contribution < 1.29 is 32.2 Å². The largest absolute Gasteiger partial charge is 0.493 e. The fourth-order valence-corrected chi connectivity index (χ4v) is 3.72. The SMILES string of the molecule is COc1ccc(/C=C2\SC(=O)N(c3ccc(Cl)c(C(F)(F)F)c3)C2=O)cc1OC. The molecule has 0 saturated carbocycles. The monoisotopic (exact) mass is 443 g/mol. The molecule has 10 heteroatoms. The molecule has 0 aliphatic carbocycles. The molecule has 2 aromatic carbocycles. The lowest BCUT2D eigenvalue weighted by Gasteiger charge is -2.16. The van der Waals surface area contributed by atoms with Gasteiger partial charge in [-0.3, -0.25) is 9.59 Å². The molecule has 2 aromatic rings. The van der Waals surface area contributed by atoms with Gasteiger partial charge >= 0.3 is 6.18 Å². The van der Waals surface area contributed by atoms with Crippen LogP contribution in [0.2, 0.25) is 5.02 Å². The number of nitrogens with zero attached hydrogens (tertiary/aromatic N) is 1. The first-order valence-corrected chi connectivity index (χ1v) is 9.22. The van der Waals surface area contributed by atoms with Gasteiger partial charge in [0.25, 0.3) is 11.1 Å². The van der Waals surface area contributed by atoms with E-state index in [0.717, 1.165) is 6.07 Å². The van der Waals surface area contributed by atoms with Crippen LogP contribution in [-0.2, 0) is 11.0 Å². The molecule has 152 valence electrons. The molecule has 1 aliphatic rings. The maximum Gasteiger partial charge on any atom is 0.417 e. The maximum absolute atomic E-state index is 13.1. The molecule has 0 bridgehead atoms. The third-order valence-electron chi connectivity index (χ3n) is 4.01. The van der Waals surface area contributed by atoms with Gasteiger partial charge in [-0.2, -0.15) is 13.2 Å². The van der Waals surface area contributed by atoms with Crippen molar-refractivity contribution >= 4 is 46.3 Å². The van der Waals surface area contributed by atoms with Crippen LogP contribution in [-0.4, -0.2) is 25.4 Å². The van der Waals surface area contributed by atoms with Gasteiger partial charge in [0.1, 0.15) is 0 Å². The van der Waals surface area contributed by atoms with Gasteiger partial charge in [0.15, 0.2) is 11.5 Å². The Kier molecular flexibility index (Phi) is 5.81. The predicted octanol–water partition coefficient (Wildman–Crippen LogP) is 5.62. The summed E-state index contributed by atoms with van der Waals surface area (Å²) in [7, 11) is 2.93. The number of carbonyl (C=O) groups excluding carboxylic acids is 2. The summed E-state index contributed by atoms with van der Waals surface area (Å²) in [5, 5.41) is -1.23. The van der Waals surface area contributed by atoms with Crippen LogP contribution in [0.25, 0.3) is 6.08 Å². The second-order valence-electron chi connectivity index (χ2n) is 5.79. The maximum atomic E-state index is 13.1.